The van der Waals surface area contributed by atoms with Crippen molar-refractivity contribution in [3.63, 3.8) is 0 Å². The number of rotatable bonds is 3. The summed E-state index contributed by atoms with van der Waals surface area (Å²) < 4.78 is 0. The minimum absolute atomic E-state index is 0.147. The zero-order chi connectivity index (χ0) is 9.86. The lowest BCUT2D eigenvalue weighted by atomic mass is 9.89. The van der Waals surface area contributed by atoms with E-state index >= 15 is 0 Å². The third-order valence-electron chi connectivity index (χ3n) is 2.81. The number of nitrogens with one attached hydrogen (secondary N) is 2. The summed E-state index contributed by atoms with van der Waals surface area (Å²) in [4.78, 5) is 4.46. The molecule has 1 aliphatic heterocycles. The summed E-state index contributed by atoms with van der Waals surface area (Å²) in [6, 6.07) is 0. The summed E-state index contributed by atoms with van der Waals surface area (Å²) in [5.41, 5.74) is 0.147. The van der Waals surface area contributed by atoms with Gasteiger partial charge in [-0.05, 0) is 32.5 Å². The van der Waals surface area contributed by atoms with Gasteiger partial charge in [-0.2, -0.15) is 0 Å². The van der Waals surface area contributed by atoms with Gasteiger partial charge in [0.05, 0.1) is 5.54 Å². The fourth-order valence-electron chi connectivity index (χ4n) is 2.12. The van der Waals surface area contributed by atoms with Crippen molar-refractivity contribution in [3.05, 3.63) is 16.6 Å². The van der Waals surface area contributed by atoms with E-state index in [1.807, 2.05) is 6.20 Å². The lowest BCUT2D eigenvalue weighted by molar-refractivity contribution is 0.250. The van der Waals surface area contributed by atoms with Crippen LogP contribution in [0.1, 0.15) is 24.8 Å². The van der Waals surface area contributed by atoms with E-state index in [1.165, 1.54) is 5.01 Å². The van der Waals surface area contributed by atoms with Crippen molar-refractivity contribution in [2.75, 3.05) is 19.6 Å². The van der Waals surface area contributed by atoms with Crippen LogP contribution in [-0.2, 0) is 5.54 Å². The molecular weight excluding hydrogens is 194 g/mol. The first-order valence-corrected chi connectivity index (χ1v) is 6.11. The molecule has 2 rings (SSSR count). The molecule has 1 aliphatic rings. The molecule has 0 radical (unpaired) electrons. The number of thiazole rings is 1. The fourth-order valence-corrected chi connectivity index (χ4v) is 2.99. The van der Waals surface area contributed by atoms with Gasteiger partial charge >= 0.3 is 0 Å². The largest absolute Gasteiger partial charge is 0.317 e. The van der Waals surface area contributed by atoms with Crippen LogP contribution in [0.4, 0.5) is 0 Å². The van der Waals surface area contributed by atoms with Crippen LogP contribution in [0.5, 0.6) is 0 Å². The molecule has 0 atom stereocenters. The van der Waals surface area contributed by atoms with Crippen LogP contribution >= 0.6 is 11.3 Å². The van der Waals surface area contributed by atoms with E-state index in [9.17, 15) is 0 Å². The molecule has 2 heterocycles. The molecule has 3 nitrogen and oxygen atoms in total. The Morgan fingerprint density at radius 2 is 2.36 bits per heavy atom. The molecule has 1 fully saturated rings. The van der Waals surface area contributed by atoms with Gasteiger partial charge < -0.3 is 10.6 Å². The molecule has 78 valence electrons. The molecule has 14 heavy (non-hydrogen) atoms. The highest BCUT2D eigenvalue weighted by molar-refractivity contribution is 7.09. The van der Waals surface area contributed by atoms with Crippen molar-refractivity contribution in [2.45, 2.75) is 25.3 Å². The van der Waals surface area contributed by atoms with Crippen molar-refractivity contribution >= 4 is 11.3 Å². The van der Waals surface area contributed by atoms with Gasteiger partial charge in [0, 0.05) is 11.6 Å². The number of hydrogen-bond acceptors (Lipinski definition) is 4. The van der Waals surface area contributed by atoms with Crippen LogP contribution in [0.3, 0.4) is 0 Å². The predicted molar refractivity (Wildman–Crippen MR) is 59.6 cm³/mol. The van der Waals surface area contributed by atoms with E-state index < -0.39 is 0 Å². The van der Waals surface area contributed by atoms with Gasteiger partial charge in [-0.1, -0.05) is 6.92 Å². The zero-order valence-electron chi connectivity index (χ0n) is 8.55. The number of hydrogen-bond donors (Lipinski definition) is 2. The molecule has 0 bridgehead atoms. The van der Waals surface area contributed by atoms with E-state index in [1.54, 1.807) is 11.3 Å². The van der Waals surface area contributed by atoms with E-state index in [-0.39, 0.29) is 5.54 Å². The maximum atomic E-state index is 4.46. The molecule has 1 aromatic heterocycles. The summed E-state index contributed by atoms with van der Waals surface area (Å²) in [7, 11) is 0. The molecule has 0 spiro atoms. The smallest absolute Gasteiger partial charge is 0.113 e. The average Bonchev–Trinajstić information content (AvgIpc) is 2.73. The predicted octanol–water partition coefficient (Wildman–Crippen LogP) is 1.33. The molecule has 2 N–H and O–H groups in total. The number of aromatic nitrogens is 1. The molecule has 1 aromatic rings. The van der Waals surface area contributed by atoms with Crippen LogP contribution in [-0.4, -0.2) is 24.6 Å². The second kappa shape index (κ2) is 4.38. The van der Waals surface area contributed by atoms with Gasteiger partial charge in [-0.15, -0.1) is 11.3 Å². The summed E-state index contributed by atoms with van der Waals surface area (Å²) in [5.74, 6) is 0. The number of piperidine rings is 1. The van der Waals surface area contributed by atoms with Crippen molar-refractivity contribution in [1.29, 1.82) is 0 Å². The second-order valence-corrected chi connectivity index (χ2v) is 4.59. The normalized spacial score (nSPS) is 20.9. The van der Waals surface area contributed by atoms with E-state index in [4.69, 9.17) is 0 Å². The van der Waals surface area contributed by atoms with Crippen LogP contribution in [0.15, 0.2) is 11.6 Å². The third kappa shape index (κ3) is 1.82. The highest BCUT2D eigenvalue weighted by Gasteiger charge is 2.34. The molecule has 0 aromatic carbocycles. The molecule has 1 saturated heterocycles. The van der Waals surface area contributed by atoms with Gasteiger partial charge in [0.1, 0.15) is 5.01 Å². The topological polar surface area (TPSA) is 37.0 Å². The lowest BCUT2D eigenvalue weighted by Crippen LogP contribution is -2.49. The van der Waals surface area contributed by atoms with Crippen molar-refractivity contribution < 1.29 is 0 Å². The highest BCUT2D eigenvalue weighted by Crippen LogP contribution is 2.31. The molecule has 0 amide bonds. The Hall–Kier alpha value is -0.450. The maximum absolute atomic E-state index is 4.46. The molecule has 4 heteroatoms. The summed E-state index contributed by atoms with van der Waals surface area (Å²) in [5, 5.41) is 10.3. The van der Waals surface area contributed by atoms with Crippen molar-refractivity contribution in [1.82, 2.24) is 15.6 Å². The molecular formula is C10H17N3S. The molecule has 0 aliphatic carbocycles. The van der Waals surface area contributed by atoms with E-state index in [0.717, 1.165) is 32.5 Å². The van der Waals surface area contributed by atoms with Gasteiger partial charge in [0.2, 0.25) is 0 Å². The minimum Gasteiger partial charge on any atom is -0.317 e. The Bertz CT molecular complexity index is 259. The Kier molecular flexibility index (Phi) is 3.15. The van der Waals surface area contributed by atoms with E-state index in [2.05, 4.69) is 27.9 Å². The zero-order valence-corrected chi connectivity index (χ0v) is 9.36. The van der Waals surface area contributed by atoms with Gasteiger partial charge in [0.25, 0.3) is 0 Å². The monoisotopic (exact) mass is 211 g/mol. The minimum atomic E-state index is 0.147. The third-order valence-corrected chi connectivity index (χ3v) is 3.79. The van der Waals surface area contributed by atoms with Crippen LogP contribution in [0.2, 0.25) is 0 Å². The lowest BCUT2D eigenvalue weighted by Gasteiger charge is -2.36. The maximum Gasteiger partial charge on any atom is 0.113 e. The Balaban J connectivity index is 2.20. The van der Waals surface area contributed by atoms with Gasteiger partial charge in [-0.3, -0.25) is 0 Å². The quantitative estimate of drug-likeness (QED) is 0.792. The Morgan fingerprint density at radius 3 is 2.93 bits per heavy atom. The molecule has 0 unspecified atom stereocenters. The average molecular weight is 211 g/mol. The SMILES string of the molecule is CCNC1(c2nccs2)CCNCC1. The fraction of sp³-hybridized carbons (Fsp3) is 0.700. The standard InChI is InChI=1S/C10H17N3S/c1-2-13-10(3-5-11-6-4-10)9-12-7-8-14-9/h7-8,11,13H,2-6H2,1H3. The van der Waals surface area contributed by atoms with Crippen LogP contribution in [0, 0.1) is 0 Å². The van der Waals surface area contributed by atoms with Crippen LogP contribution in [0.25, 0.3) is 0 Å². The summed E-state index contributed by atoms with van der Waals surface area (Å²) >= 11 is 1.77. The highest BCUT2D eigenvalue weighted by atomic mass is 32.1. The van der Waals surface area contributed by atoms with E-state index in [0.29, 0.717) is 0 Å². The Morgan fingerprint density at radius 1 is 1.57 bits per heavy atom. The summed E-state index contributed by atoms with van der Waals surface area (Å²) in [6.07, 6.45) is 4.20. The Labute approximate surface area is 88.9 Å². The second-order valence-electron chi connectivity index (χ2n) is 3.70. The first-order valence-electron chi connectivity index (χ1n) is 5.23. The van der Waals surface area contributed by atoms with Crippen molar-refractivity contribution in [3.8, 4) is 0 Å². The molecule has 0 saturated carbocycles. The first kappa shape index (κ1) is 10.1. The van der Waals surface area contributed by atoms with Gasteiger partial charge in [-0.25, -0.2) is 4.98 Å². The van der Waals surface area contributed by atoms with Gasteiger partial charge in [0.15, 0.2) is 0 Å². The first-order chi connectivity index (χ1) is 6.87. The number of nitrogens with zero attached hydrogens (tertiary/aromatic N) is 1. The summed E-state index contributed by atoms with van der Waals surface area (Å²) in [6.45, 7) is 5.36. The van der Waals surface area contributed by atoms with Crippen molar-refractivity contribution in [2.24, 2.45) is 0 Å². The van der Waals surface area contributed by atoms with Crippen LogP contribution < -0.4 is 10.6 Å².